The van der Waals surface area contributed by atoms with E-state index in [9.17, 15) is 4.39 Å². The molecule has 0 bridgehead atoms. The van der Waals surface area contributed by atoms with E-state index in [1.165, 1.54) is 6.42 Å². The highest BCUT2D eigenvalue weighted by atomic mass is 35.5. The minimum absolute atomic E-state index is 0.141. The molecule has 0 unspecified atom stereocenters. The Morgan fingerprint density at radius 1 is 1.36 bits per heavy atom. The summed E-state index contributed by atoms with van der Waals surface area (Å²) in [5, 5.41) is 3.52. The first-order valence-electron chi connectivity index (χ1n) is 4.96. The van der Waals surface area contributed by atoms with Gasteiger partial charge >= 0.3 is 0 Å². The van der Waals surface area contributed by atoms with Gasteiger partial charge in [0.2, 0.25) is 0 Å². The summed E-state index contributed by atoms with van der Waals surface area (Å²) in [5.41, 5.74) is 0.706. The van der Waals surface area contributed by atoms with Crippen molar-refractivity contribution < 1.29 is 4.39 Å². The number of hydrogen-bond donors (Lipinski definition) is 1. The Kier molecular flexibility index (Phi) is 3.04. The van der Waals surface area contributed by atoms with Crippen LogP contribution in [0.4, 0.5) is 4.39 Å². The molecule has 1 atom stereocenters. The number of nitrogens with one attached hydrogen (secondary N) is 1. The van der Waals surface area contributed by atoms with Gasteiger partial charge in [0.25, 0.3) is 0 Å². The van der Waals surface area contributed by atoms with E-state index in [1.807, 2.05) is 6.07 Å². The second kappa shape index (κ2) is 4.28. The van der Waals surface area contributed by atoms with Crippen LogP contribution in [0, 0.1) is 5.82 Å². The Morgan fingerprint density at radius 2 is 2.21 bits per heavy atom. The fraction of sp³-hybridized carbons (Fsp3) is 0.455. The second-order valence-electron chi connectivity index (χ2n) is 3.65. The van der Waals surface area contributed by atoms with Crippen LogP contribution in [0.3, 0.4) is 0 Å². The summed E-state index contributed by atoms with van der Waals surface area (Å²) in [5.74, 6) is -0.270. The molecule has 1 aromatic rings. The minimum atomic E-state index is -0.270. The third-order valence-electron chi connectivity index (χ3n) is 2.67. The molecular formula is C11H13ClFN. The molecule has 0 saturated carbocycles. The minimum Gasteiger partial charge on any atom is -0.310 e. The molecule has 0 aromatic heterocycles. The van der Waals surface area contributed by atoms with E-state index >= 15 is 0 Å². The summed E-state index contributed by atoms with van der Waals surface area (Å²) in [6, 6.07) is 5.34. The Balaban J connectivity index is 2.26. The average molecular weight is 214 g/mol. The van der Waals surface area contributed by atoms with Crippen molar-refractivity contribution in [3.05, 3.63) is 34.6 Å². The van der Waals surface area contributed by atoms with Crippen LogP contribution in [-0.4, -0.2) is 6.54 Å². The molecule has 1 N–H and O–H groups in total. The van der Waals surface area contributed by atoms with E-state index in [0.29, 0.717) is 5.56 Å². The highest BCUT2D eigenvalue weighted by Gasteiger charge is 2.18. The zero-order valence-corrected chi connectivity index (χ0v) is 8.65. The van der Waals surface area contributed by atoms with E-state index in [1.54, 1.807) is 12.1 Å². The smallest absolute Gasteiger partial charge is 0.146 e. The molecule has 1 saturated heterocycles. The molecule has 2 rings (SSSR count). The first-order valence-corrected chi connectivity index (χ1v) is 5.34. The molecule has 1 nitrogen and oxygen atoms in total. The van der Waals surface area contributed by atoms with E-state index in [-0.39, 0.29) is 16.9 Å². The first-order chi connectivity index (χ1) is 6.79. The lowest BCUT2D eigenvalue weighted by Gasteiger charge is -2.24. The maximum atomic E-state index is 13.6. The average Bonchev–Trinajstić information content (AvgIpc) is 2.23. The van der Waals surface area contributed by atoms with Gasteiger partial charge in [0.05, 0.1) is 5.02 Å². The van der Waals surface area contributed by atoms with Crippen molar-refractivity contribution in [3.8, 4) is 0 Å². The lowest BCUT2D eigenvalue weighted by atomic mass is 9.97. The van der Waals surface area contributed by atoms with Crippen LogP contribution in [0.2, 0.25) is 5.02 Å². The molecule has 1 aliphatic heterocycles. The molecule has 0 spiro atoms. The predicted molar refractivity (Wildman–Crippen MR) is 56.0 cm³/mol. The standard InChI is InChI=1S/C11H13ClFN/c12-9-5-3-4-8(11(9)13)10-6-1-2-7-14-10/h3-5,10,14H,1-2,6-7H2/t10-/m0/s1. The molecule has 3 heteroatoms. The van der Waals surface area contributed by atoms with Crippen LogP contribution in [0.5, 0.6) is 0 Å². The normalized spacial score (nSPS) is 22.3. The predicted octanol–water partition coefficient (Wildman–Crippen LogP) is 3.29. The highest BCUT2D eigenvalue weighted by molar-refractivity contribution is 6.30. The van der Waals surface area contributed by atoms with E-state index in [0.717, 1.165) is 19.4 Å². The number of halogens is 2. The van der Waals surface area contributed by atoms with Gasteiger partial charge in [-0.3, -0.25) is 0 Å². The van der Waals surface area contributed by atoms with Gasteiger partial charge in [-0.2, -0.15) is 0 Å². The number of rotatable bonds is 1. The Labute approximate surface area is 88.3 Å². The first kappa shape index (κ1) is 9.94. The maximum absolute atomic E-state index is 13.6. The third kappa shape index (κ3) is 1.91. The zero-order chi connectivity index (χ0) is 9.97. The van der Waals surface area contributed by atoms with Gasteiger partial charge in [0, 0.05) is 11.6 Å². The maximum Gasteiger partial charge on any atom is 0.146 e. The van der Waals surface area contributed by atoms with Gasteiger partial charge in [-0.1, -0.05) is 30.2 Å². The third-order valence-corrected chi connectivity index (χ3v) is 2.96. The lowest BCUT2D eigenvalue weighted by molar-refractivity contribution is 0.400. The van der Waals surface area contributed by atoms with Crippen LogP contribution in [0.25, 0.3) is 0 Å². The summed E-state index contributed by atoms with van der Waals surface area (Å²) in [4.78, 5) is 0. The molecule has 14 heavy (non-hydrogen) atoms. The molecule has 1 aromatic carbocycles. The van der Waals surface area contributed by atoms with Gasteiger partial charge in [-0.05, 0) is 25.5 Å². The lowest BCUT2D eigenvalue weighted by Crippen LogP contribution is -2.27. The van der Waals surface area contributed by atoms with E-state index in [2.05, 4.69) is 5.32 Å². The summed E-state index contributed by atoms with van der Waals surface area (Å²) in [6.45, 7) is 0.969. The molecule has 0 amide bonds. The summed E-state index contributed by atoms with van der Waals surface area (Å²) in [6.07, 6.45) is 3.33. The van der Waals surface area contributed by atoms with E-state index in [4.69, 9.17) is 11.6 Å². The van der Waals surface area contributed by atoms with Crippen LogP contribution in [0.15, 0.2) is 18.2 Å². The monoisotopic (exact) mass is 213 g/mol. The number of piperidine rings is 1. The molecule has 1 aliphatic rings. The van der Waals surface area contributed by atoms with Crippen molar-refractivity contribution in [2.45, 2.75) is 25.3 Å². The largest absolute Gasteiger partial charge is 0.310 e. The summed E-state index contributed by atoms with van der Waals surface area (Å²) >= 11 is 5.73. The number of benzene rings is 1. The quantitative estimate of drug-likeness (QED) is 0.755. The van der Waals surface area contributed by atoms with Gasteiger partial charge in [0.15, 0.2) is 0 Å². The zero-order valence-electron chi connectivity index (χ0n) is 7.89. The number of hydrogen-bond acceptors (Lipinski definition) is 1. The van der Waals surface area contributed by atoms with Gasteiger partial charge in [-0.25, -0.2) is 4.39 Å². The molecular weight excluding hydrogens is 201 g/mol. The Bertz CT molecular complexity index is 321. The topological polar surface area (TPSA) is 12.0 Å². The molecule has 1 heterocycles. The van der Waals surface area contributed by atoms with Crippen molar-refractivity contribution in [1.29, 1.82) is 0 Å². The summed E-state index contributed by atoms with van der Waals surface area (Å²) in [7, 11) is 0. The summed E-state index contributed by atoms with van der Waals surface area (Å²) < 4.78 is 13.6. The van der Waals surface area contributed by atoms with Crippen LogP contribution in [0.1, 0.15) is 30.9 Å². The molecule has 1 fully saturated rings. The van der Waals surface area contributed by atoms with E-state index < -0.39 is 0 Å². The van der Waals surface area contributed by atoms with Gasteiger partial charge in [-0.15, -0.1) is 0 Å². The molecule has 0 aliphatic carbocycles. The van der Waals surface area contributed by atoms with Crippen LogP contribution < -0.4 is 5.32 Å². The van der Waals surface area contributed by atoms with Crippen molar-refractivity contribution in [1.82, 2.24) is 5.32 Å². The van der Waals surface area contributed by atoms with Crippen LogP contribution in [-0.2, 0) is 0 Å². The fourth-order valence-corrected chi connectivity index (χ4v) is 2.09. The van der Waals surface area contributed by atoms with Crippen molar-refractivity contribution in [2.24, 2.45) is 0 Å². The molecule has 76 valence electrons. The van der Waals surface area contributed by atoms with Crippen molar-refractivity contribution in [2.75, 3.05) is 6.54 Å². The fourth-order valence-electron chi connectivity index (χ4n) is 1.91. The van der Waals surface area contributed by atoms with Crippen molar-refractivity contribution in [3.63, 3.8) is 0 Å². The van der Waals surface area contributed by atoms with Gasteiger partial charge in [0.1, 0.15) is 5.82 Å². The van der Waals surface area contributed by atoms with Gasteiger partial charge < -0.3 is 5.32 Å². The Hall–Kier alpha value is -0.600. The van der Waals surface area contributed by atoms with Crippen LogP contribution >= 0.6 is 11.6 Å². The second-order valence-corrected chi connectivity index (χ2v) is 4.05. The highest BCUT2D eigenvalue weighted by Crippen LogP contribution is 2.28. The molecule has 0 radical (unpaired) electrons. The SMILES string of the molecule is Fc1c(Cl)cccc1[C@@H]1CCCCN1. The van der Waals surface area contributed by atoms with Crippen molar-refractivity contribution >= 4 is 11.6 Å². The Morgan fingerprint density at radius 3 is 2.93 bits per heavy atom.